The van der Waals surface area contributed by atoms with Crippen molar-refractivity contribution in [3.8, 4) is 0 Å². The normalized spacial score (nSPS) is 12.1. The van der Waals surface area contributed by atoms with Crippen LogP contribution in [0.25, 0.3) is 0 Å². The van der Waals surface area contributed by atoms with E-state index in [2.05, 4.69) is 0 Å². The molecule has 0 saturated carbocycles. The van der Waals surface area contributed by atoms with Crippen LogP contribution in [-0.2, 0) is 14.3 Å². The Hall–Kier alpha value is -1.58. The highest BCUT2D eigenvalue weighted by Crippen LogP contribution is 2.15. The summed E-state index contributed by atoms with van der Waals surface area (Å²) in [6.45, 7) is 2.13. The topological polar surface area (TPSA) is 48.3 Å². The first kappa shape index (κ1) is 11.5. The Morgan fingerprint density at radius 1 is 1.47 bits per heavy atom. The van der Waals surface area contributed by atoms with E-state index in [1.807, 2.05) is 12.1 Å². The summed E-state index contributed by atoms with van der Waals surface area (Å²) in [4.78, 5) is 21.9. The average Bonchev–Trinajstić information content (AvgIpc) is 2.72. The summed E-state index contributed by atoms with van der Waals surface area (Å²) in [6.07, 6.45) is 5.26. The maximum Gasteiger partial charge on any atom is 0.329 e. The summed E-state index contributed by atoms with van der Waals surface area (Å²) >= 11 is 0. The summed E-state index contributed by atoms with van der Waals surface area (Å²) in [5.41, 5.74) is 0. The fourth-order valence-electron chi connectivity index (χ4n) is 1.41. The highest BCUT2D eigenvalue weighted by Gasteiger charge is 2.19. The van der Waals surface area contributed by atoms with Crippen LogP contribution in [-0.4, -0.2) is 23.4 Å². The Morgan fingerprint density at radius 3 is 2.67 bits per heavy atom. The second-order valence-electron chi connectivity index (χ2n) is 3.14. The van der Waals surface area contributed by atoms with E-state index in [0.717, 1.165) is 6.29 Å². The number of carbonyl (C=O) groups is 2. The van der Waals surface area contributed by atoms with Crippen molar-refractivity contribution < 1.29 is 14.3 Å². The smallest absolute Gasteiger partial charge is 0.329 e. The largest absolute Gasteiger partial charge is 0.464 e. The first-order valence-electron chi connectivity index (χ1n) is 5.02. The van der Waals surface area contributed by atoms with Crippen LogP contribution in [0.15, 0.2) is 24.5 Å². The molecule has 0 N–H and O–H groups in total. The van der Waals surface area contributed by atoms with Gasteiger partial charge >= 0.3 is 5.97 Å². The van der Waals surface area contributed by atoms with Crippen molar-refractivity contribution in [2.75, 3.05) is 6.61 Å². The first-order valence-corrected chi connectivity index (χ1v) is 5.02. The number of nitrogens with zero attached hydrogens (tertiary/aromatic N) is 1. The summed E-state index contributed by atoms with van der Waals surface area (Å²) in [5, 5.41) is 0. The third kappa shape index (κ3) is 3.23. The predicted octanol–water partition coefficient (Wildman–Crippen LogP) is 1.57. The lowest BCUT2D eigenvalue weighted by atomic mass is 10.1. The van der Waals surface area contributed by atoms with E-state index in [-0.39, 0.29) is 12.0 Å². The van der Waals surface area contributed by atoms with Crippen LogP contribution < -0.4 is 0 Å². The fraction of sp³-hybridized carbons (Fsp3) is 0.455. The molecule has 0 aliphatic carbocycles. The summed E-state index contributed by atoms with van der Waals surface area (Å²) in [6, 6.07) is 3.30. The molecule has 1 heterocycles. The predicted molar refractivity (Wildman–Crippen MR) is 55.4 cm³/mol. The van der Waals surface area contributed by atoms with Gasteiger partial charge in [0.25, 0.3) is 0 Å². The van der Waals surface area contributed by atoms with Crippen LogP contribution >= 0.6 is 0 Å². The zero-order valence-electron chi connectivity index (χ0n) is 8.76. The summed E-state index contributed by atoms with van der Waals surface area (Å²) in [5.74, 6) is -0.282. The van der Waals surface area contributed by atoms with E-state index in [1.165, 1.54) is 0 Å². The van der Waals surface area contributed by atoms with E-state index in [9.17, 15) is 9.59 Å². The SMILES string of the molecule is CCOC(=O)[C@H](CCC=O)n1cccc1. The summed E-state index contributed by atoms with van der Waals surface area (Å²) < 4.78 is 6.71. The number of hydrogen-bond donors (Lipinski definition) is 0. The molecule has 4 heteroatoms. The lowest BCUT2D eigenvalue weighted by Crippen LogP contribution is -2.21. The van der Waals surface area contributed by atoms with E-state index in [4.69, 9.17) is 4.74 Å². The molecule has 82 valence electrons. The van der Waals surface area contributed by atoms with Crippen molar-refractivity contribution >= 4 is 12.3 Å². The number of ether oxygens (including phenoxy) is 1. The molecule has 0 amide bonds. The maximum atomic E-state index is 11.6. The second kappa shape index (κ2) is 6.01. The van der Waals surface area contributed by atoms with Gasteiger partial charge in [-0.15, -0.1) is 0 Å². The van der Waals surface area contributed by atoms with Crippen LogP contribution in [0.5, 0.6) is 0 Å². The zero-order valence-corrected chi connectivity index (χ0v) is 8.76. The lowest BCUT2D eigenvalue weighted by Gasteiger charge is -2.15. The minimum Gasteiger partial charge on any atom is -0.464 e. The fourth-order valence-corrected chi connectivity index (χ4v) is 1.41. The molecule has 0 aliphatic heterocycles. The molecular formula is C11H15NO3. The third-order valence-electron chi connectivity index (χ3n) is 2.10. The van der Waals surface area contributed by atoms with E-state index >= 15 is 0 Å². The van der Waals surface area contributed by atoms with Crippen molar-refractivity contribution in [2.24, 2.45) is 0 Å². The zero-order chi connectivity index (χ0) is 11.1. The number of aldehydes is 1. The van der Waals surface area contributed by atoms with Crippen LogP contribution in [0, 0.1) is 0 Å². The molecule has 0 unspecified atom stereocenters. The van der Waals surface area contributed by atoms with Crippen LogP contribution in [0.2, 0.25) is 0 Å². The Morgan fingerprint density at radius 2 is 2.13 bits per heavy atom. The van der Waals surface area contributed by atoms with Crippen molar-refractivity contribution in [2.45, 2.75) is 25.8 Å². The van der Waals surface area contributed by atoms with Gasteiger partial charge in [0.05, 0.1) is 6.61 Å². The van der Waals surface area contributed by atoms with Crippen LogP contribution in [0.1, 0.15) is 25.8 Å². The molecule has 1 aromatic heterocycles. The Labute approximate surface area is 88.8 Å². The average molecular weight is 209 g/mol. The number of esters is 1. The van der Waals surface area contributed by atoms with Gasteiger partial charge in [-0.1, -0.05) is 0 Å². The number of rotatable bonds is 6. The molecule has 1 atom stereocenters. The van der Waals surface area contributed by atoms with Gasteiger partial charge in [-0.05, 0) is 25.5 Å². The lowest BCUT2D eigenvalue weighted by molar-refractivity contribution is -0.147. The summed E-state index contributed by atoms with van der Waals surface area (Å²) in [7, 11) is 0. The minimum atomic E-state index is -0.384. The molecule has 1 rings (SSSR count). The minimum absolute atomic E-state index is 0.282. The molecule has 0 spiro atoms. The van der Waals surface area contributed by atoms with Gasteiger partial charge in [-0.25, -0.2) is 4.79 Å². The van der Waals surface area contributed by atoms with Gasteiger partial charge in [0.15, 0.2) is 0 Å². The third-order valence-corrected chi connectivity index (χ3v) is 2.10. The van der Waals surface area contributed by atoms with Crippen molar-refractivity contribution in [1.82, 2.24) is 4.57 Å². The molecule has 0 radical (unpaired) electrons. The molecule has 0 aliphatic rings. The van der Waals surface area contributed by atoms with Gasteiger partial charge in [0, 0.05) is 18.8 Å². The first-order chi connectivity index (χ1) is 7.29. The van der Waals surface area contributed by atoms with Gasteiger partial charge in [0.2, 0.25) is 0 Å². The molecule has 15 heavy (non-hydrogen) atoms. The molecule has 1 aromatic rings. The van der Waals surface area contributed by atoms with E-state index < -0.39 is 0 Å². The highest BCUT2D eigenvalue weighted by molar-refractivity contribution is 5.74. The molecule has 0 fully saturated rings. The number of hydrogen-bond acceptors (Lipinski definition) is 3. The van der Waals surface area contributed by atoms with Crippen LogP contribution in [0.3, 0.4) is 0 Å². The van der Waals surface area contributed by atoms with Gasteiger partial charge < -0.3 is 14.1 Å². The number of carbonyl (C=O) groups excluding carboxylic acids is 2. The quantitative estimate of drug-likeness (QED) is 0.528. The van der Waals surface area contributed by atoms with E-state index in [0.29, 0.717) is 19.4 Å². The van der Waals surface area contributed by atoms with Gasteiger partial charge in [-0.2, -0.15) is 0 Å². The van der Waals surface area contributed by atoms with Crippen molar-refractivity contribution in [1.29, 1.82) is 0 Å². The number of aromatic nitrogens is 1. The Bertz CT molecular complexity index is 306. The van der Waals surface area contributed by atoms with Gasteiger partial charge in [-0.3, -0.25) is 0 Å². The molecule has 4 nitrogen and oxygen atoms in total. The molecular weight excluding hydrogens is 194 g/mol. The maximum absolute atomic E-state index is 11.6. The van der Waals surface area contributed by atoms with Crippen LogP contribution in [0.4, 0.5) is 0 Å². The molecule has 0 aromatic carbocycles. The standard InChI is InChI=1S/C11H15NO3/c1-2-15-11(14)10(6-5-9-13)12-7-3-4-8-12/h3-4,7-10H,2,5-6H2,1H3/t10-/m0/s1. The van der Waals surface area contributed by atoms with Gasteiger partial charge in [0.1, 0.15) is 12.3 Å². The highest BCUT2D eigenvalue weighted by atomic mass is 16.5. The second-order valence-corrected chi connectivity index (χ2v) is 3.14. The Balaban J connectivity index is 2.69. The molecule has 0 saturated heterocycles. The van der Waals surface area contributed by atoms with Crippen molar-refractivity contribution in [3.63, 3.8) is 0 Å². The van der Waals surface area contributed by atoms with Crippen molar-refractivity contribution in [3.05, 3.63) is 24.5 Å². The monoisotopic (exact) mass is 209 g/mol. The molecule has 0 bridgehead atoms. The Kier molecular flexibility index (Phi) is 4.60. The van der Waals surface area contributed by atoms with E-state index in [1.54, 1.807) is 23.9 Å².